The highest BCUT2D eigenvalue weighted by molar-refractivity contribution is 7.13. The lowest BCUT2D eigenvalue weighted by molar-refractivity contribution is -0.139. The number of ether oxygens (including phenoxy) is 2. The van der Waals surface area contributed by atoms with Gasteiger partial charge < -0.3 is 14.0 Å². The highest BCUT2D eigenvalue weighted by Crippen LogP contribution is 2.25. The summed E-state index contributed by atoms with van der Waals surface area (Å²) in [7, 11) is 0. The van der Waals surface area contributed by atoms with Gasteiger partial charge in [-0.15, -0.1) is 11.3 Å². The van der Waals surface area contributed by atoms with Crippen LogP contribution in [0, 0.1) is 0 Å². The Hall–Kier alpha value is -2.86. The minimum atomic E-state index is -0.436. The van der Waals surface area contributed by atoms with Crippen molar-refractivity contribution in [1.29, 1.82) is 0 Å². The average Bonchev–Trinajstić information content (AvgIpc) is 3.31. The summed E-state index contributed by atoms with van der Waals surface area (Å²) in [6.07, 6.45) is 3.08. The van der Waals surface area contributed by atoms with Crippen molar-refractivity contribution in [3.63, 3.8) is 0 Å². The lowest BCUT2D eigenvalue weighted by Gasteiger charge is -2.02. The monoisotopic (exact) mass is 355 g/mol. The number of thiophene rings is 1. The van der Waals surface area contributed by atoms with Gasteiger partial charge in [-0.2, -0.15) is 0 Å². The topological polar surface area (TPSA) is 61.6 Å². The molecule has 5 nitrogen and oxygen atoms in total. The van der Waals surface area contributed by atoms with Gasteiger partial charge in [0.15, 0.2) is 5.76 Å². The Labute approximate surface area is 149 Å². The number of rotatable bonds is 7. The van der Waals surface area contributed by atoms with E-state index in [9.17, 15) is 4.79 Å². The molecular formula is C19H17NO4S. The maximum Gasteiger partial charge on any atom is 0.331 e. The highest BCUT2D eigenvalue weighted by Gasteiger charge is 2.08. The number of benzene rings is 1. The fourth-order valence-corrected chi connectivity index (χ4v) is 2.79. The van der Waals surface area contributed by atoms with E-state index in [-0.39, 0.29) is 6.61 Å². The van der Waals surface area contributed by atoms with Gasteiger partial charge >= 0.3 is 5.97 Å². The van der Waals surface area contributed by atoms with Crippen molar-refractivity contribution in [2.45, 2.75) is 13.5 Å². The number of esters is 1. The summed E-state index contributed by atoms with van der Waals surface area (Å²) in [5.41, 5.74) is 1.47. The van der Waals surface area contributed by atoms with Crippen LogP contribution in [-0.4, -0.2) is 17.7 Å². The summed E-state index contributed by atoms with van der Waals surface area (Å²) in [6.45, 7) is 2.63. The van der Waals surface area contributed by atoms with Crippen LogP contribution < -0.4 is 4.74 Å². The van der Waals surface area contributed by atoms with E-state index < -0.39 is 5.97 Å². The third kappa shape index (κ3) is 4.81. The smallest absolute Gasteiger partial charge is 0.331 e. The molecule has 0 aliphatic heterocycles. The molecule has 0 N–H and O–H groups in total. The van der Waals surface area contributed by atoms with E-state index in [4.69, 9.17) is 14.0 Å². The first-order chi connectivity index (χ1) is 12.2. The third-order valence-corrected chi connectivity index (χ3v) is 4.17. The molecule has 6 heteroatoms. The van der Waals surface area contributed by atoms with Crippen molar-refractivity contribution in [1.82, 2.24) is 5.16 Å². The van der Waals surface area contributed by atoms with Crippen molar-refractivity contribution in [2.75, 3.05) is 6.61 Å². The molecule has 0 spiro atoms. The number of hydrogen-bond acceptors (Lipinski definition) is 6. The number of aromatic nitrogens is 1. The second-order valence-electron chi connectivity index (χ2n) is 5.10. The van der Waals surface area contributed by atoms with E-state index in [2.05, 4.69) is 5.16 Å². The van der Waals surface area contributed by atoms with Gasteiger partial charge in [0.25, 0.3) is 0 Å². The molecule has 0 unspecified atom stereocenters. The van der Waals surface area contributed by atoms with Crippen LogP contribution in [0.2, 0.25) is 0 Å². The number of hydrogen-bond donors (Lipinski definition) is 0. The molecule has 2 heterocycles. The standard InChI is InChI=1S/C19H17NO4S/c1-2-22-16-8-5-14(6-9-16)7-10-19(21)23-13-15-12-17(24-20-15)18-4-3-11-25-18/h3-12H,2,13H2,1H3/b10-7+. The number of carbonyl (C=O) groups is 1. The van der Waals surface area contributed by atoms with E-state index in [1.165, 1.54) is 6.08 Å². The number of carbonyl (C=O) groups excluding carboxylic acids is 1. The van der Waals surface area contributed by atoms with Crippen molar-refractivity contribution < 1.29 is 18.8 Å². The summed E-state index contributed by atoms with van der Waals surface area (Å²) < 4.78 is 15.8. The molecule has 0 saturated carbocycles. The SMILES string of the molecule is CCOc1ccc(/C=C/C(=O)OCc2cc(-c3cccs3)on2)cc1. The molecule has 2 aromatic heterocycles. The van der Waals surface area contributed by atoms with Gasteiger partial charge in [0, 0.05) is 12.1 Å². The Balaban J connectivity index is 1.51. The van der Waals surface area contributed by atoms with Gasteiger partial charge in [0.1, 0.15) is 18.1 Å². The fraction of sp³-hybridized carbons (Fsp3) is 0.158. The lowest BCUT2D eigenvalue weighted by Crippen LogP contribution is -2.00. The predicted molar refractivity (Wildman–Crippen MR) is 96.3 cm³/mol. The van der Waals surface area contributed by atoms with Crippen LogP contribution in [0.4, 0.5) is 0 Å². The molecule has 128 valence electrons. The summed E-state index contributed by atoms with van der Waals surface area (Å²) in [5.74, 6) is 1.04. The zero-order valence-electron chi connectivity index (χ0n) is 13.7. The van der Waals surface area contributed by atoms with Crippen molar-refractivity contribution in [3.05, 3.63) is 65.2 Å². The molecule has 0 aliphatic rings. The first kappa shape index (κ1) is 17.0. The van der Waals surface area contributed by atoms with Gasteiger partial charge in [-0.3, -0.25) is 0 Å². The highest BCUT2D eigenvalue weighted by atomic mass is 32.1. The predicted octanol–water partition coefficient (Wildman–Crippen LogP) is 4.56. The summed E-state index contributed by atoms with van der Waals surface area (Å²) in [6, 6.07) is 13.1. The van der Waals surface area contributed by atoms with Crippen LogP contribution >= 0.6 is 11.3 Å². The normalized spacial score (nSPS) is 10.9. The average molecular weight is 355 g/mol. The molecule has 0 fully saturated rings. The molecular weight excluding hydrogens is 338 g/mol. The Morgan fingerprint density at radius 3 is 2.84 bits per heavy atom. The van der Waals surface area contributed by atoms with E-state index in [1.54, 1.807) is 23.5 Å². The van der Waals surface area contributed by atoms with Crippen LogP contribution in [0.1, 0.15) is 18.2 Å². The molecule has 0 amide bonds. The Morgan fingerprint density at radius 2 is 2.12 bits per heavy atom. The zero-order valence-corrected chi connectivity index (χ0v) is 14.5. The molecule has 0 bridgehead atoms. The van der Waals surface area contributed by atoms with Crippen molar-refractivity contribution in [3.8, 4) is 16.4 Å². The van der Waals surface area contributed by atoms with Gasteiger partial charge in [-0.05, 0) is 42.1 Å². The molecule has 3 aromatic rings. The second kappa shape index (κ2) is 8.30. The van der Waals surface area contributed by atoms with Gasteiger partial charge in [0.05, 0.1) is 11.5 Å². The van der Waals surface area contributed by atoms with Crippen molar-refractivity contribution in [2.24, 2.45) is 0 Å². The van der Waals surface area contributed by atoms with E-state index in [0.29, 0.717) is 18.1 Å². The zero-order chi connectivity index (χ0) is 17.5. The molecule has 1 aromatic carbocycles. The minimum Gasteiger partial charge on any atom is -0.494 e. The van der Waals surface area contributed by atoms with E-state index >= 15 is 0 Å². The summed E-state index contributed by atoms with van der Waals surface area (Å²) in [4.78, 5) is 12.8. The molecule has 25 heavy (non-hydrogen) atoms. The van der Waals surface area contributed by atoms with Crippen LogP contribution in [0.3, 0.4) is 0 Å². The van der Waals surface area contributed by atoms with E-state index in [0.717, 1.165) is 16.2 Å². The second-order valence-corrected chi connectivity index (χ2v) is 6.05. The van der Waals surface area contributed by atoms with Crippen LogP contribution in [-0.2, 0) is 16.1 Å². The van der Waals surface area contributed by atoms with Crippen LogP contribution in [0.5, 0.6) is 5.75 Å². The fourth-order valence-electron chi connectivity index (χ4n) is 2.11. The van der Waals surface area contributed by atoms with Crippen LogP contribution in [0.25, 0.3) is 16.7 Å². The van der Waals surface area contributed by atoms with Gasteiger partial charge in [-0.25, -0.2) is 4.79 Å². The quantitative estimate of drug-likeness (QED) is 0.459. The molecule has 0 radical (unpaired) electrons. The van der Waals surface area contributed by atoms with Gasteiger partial charge in [-0.1, -0.05) is 23.4 Å². The third-order valence-electron chi connectivity index (χ3n) is 3.29. The first-order valence-electron chi connectivity index (χ1n) is 7.82. The van der Waals surface area contributed by atoms with E-state index in [1.807, 2.05) is 48.7 Å². The summed E-state index contributed by atoms with van der Waals surface area (Å²) in [5, 5.41) is 5.87. The summed E-state index contributed by atoms with van der Waals surface area (Å²) >= 11 is 1.56. The Bertz CT molecular complexity index is 835. The number of nitrogens with zero attached hydrogens (tertiary/aromatic N) is 1. The minimum absolute atomic E-state index is 0.0708. The first-order valence-corrected chi connectivity index (χ1v) is 8.69. The maximum atomic E-state index is 11.8. The lowest BCUT2D eigenvalue weighted by atomic mass is 10.2. The molecule has 0 atom stereocenters. The molecule has 0 aliphatic carbocycles. The maximum absolute atomic E-state index is 11.8. The molecule has 0 saturated heterocycles. The van der Waals surface area contributed by atoms with Crippen molar-refractivity contribution >= 4 is 23.4 Å². The largest absolute Gasteiger partial charge is 0.494 e. The van der Waals surface area contributed by atoms with Crippen LogP contribution in [0.15, 0.2) is 58.4 Å². The Morgan fingerprint density at radius 1 is 1.28 bits per heavy atom. The van der Waals surface area contributed by atoms with Gasteiger partial charge in [0.2, 0.25) is 0 Å². The Kier molecular flexibility index (Phi) is 5.64. The molecule has 3 rings (SSSR count).